The first kappa shape index (κ1) is 16.5. The number of aliphatic hydroxyl groups excluding tert-OH is 1. The van der Waals surface area contributed by atoms with Crippen molar-refractivity contribution >= 4 is 0 Å². The maximum absolute atomic E-state index is 10.5. The number of hydrogen-bond donors (Lipinski definition) is 1. The van der Waals surface area contributed by atoms with Gasteiger partial charge in [0, 0.05) is 11.6 Å². The van der Waals surface area contributed by atoms with Gasteiger partial charge < -0.3 is 19.5 Å². The Morgan fingerprint density at radius 1 is 1.48 bits per heavy atom. The standard InChI is InChI=1S/C21H27NO3/c1-5-16(23)19-18-13(2)12-15-8-6-14-7-9-17(24-4)20(25-19)21(14,18)10-11-22(15)3/h5,7,9,15,20,23H,1,6,8,10-12H2,2-4H3/b18-13-,19-16-/t15?,20?,21-/m0/s1. The average Bonchev–Trinajstić information content (AvgIpc) is 2.95. The summed E-state index contributed by atoms with van der Waals surface area (Å²) in [5.74, 6) is 1.56. The maximum Gasteiger partial charge on any atom is 0.169 e. The molecule has 0 aromatic heterocycles. The van der Waals surface area contributed by atoms with Crippen molar-refractivity contribution in [3.63, 3.8) is 0 Å². The van der Waals surface area contributed by atoms with Crippen LogP contribution in [0.25, 0.3) is 0 Å². The zero-order valence-corrected chi connectivity index (χ0v) is 15.3. The largest absolute Gasteiger partial charge is 0.504 e. The second kappa shape index (κ2) is 5.80. The summed E-state index contributed by atoms with van der Waals surface area (Å²) in [5.41, 5.74) is 3.65. The first-order valence-corrected chi connectivity index (χ1v) is 9.11. The van der Waals surface area contributed by atoms with Crippen LogP contribution in [0.1, 0.15) is 32.6 Å². The van der Waals surface area contributed by atoms with Crippen molar-refractivity contribution in [1.82, 2.24) is 4.90 Å². The molecule has 5 aliphatic rings. The second-order valence-electron chi connectivity index (χ2n) is 7.64. The van der Waals surface area contributed by atoms with Crippen LogP contribution in [-0.2, 0) is 9.47 Å². The average molecular weight is 341 g/mol. The minimum atomic E-state index is -0.240. The normalized spacial score (nSPS) is 39.3. The van der Waals surface area contributed by atoms with Crippen molar-refractivity contribution in [3.05, 3.63) is 58.8 Å². The number of allylic oxidation sites excluding steroid dienone is 4. The lowest BCUT2D eigenvalue weighted by atomic mass is 9.61. The molecule has 1 N–H and O–H groups in total. The lowest BCUT2D eigenvalue weighted by Crippen LogP contribution is -2.47. The van der Waals surface area contributed by atoms with Gasteiger partial charge in [0.25, 0.3) is 0 Å². The summed E-state index contributed by atoms with van der Waals surface area (Å²) in [6.45, 7) is 6.95. The quantitative estimate of drug-likeness (QED) is 0.771. The zero-order valence-electron chi connectivity index (χ0n) is 15.3. The fourth-order valence-electron chi connectivity index (χ4n) is 5.20. The van der Waals surface area contributed by atoms with E-state index in [0.717, 1.165) is 38.0 Å². The third kappa shape index (κ3) is 2.16. The van der Waals surface area contributed by atoms with Crippen molar-refractivity contribution in [2.75, 3.05) is 20.7 Å². The molecule has 3 atom stereocenters. The minimum absolute atomic E-state index is 0.129. The number of ether oxygens (including phenoxy) is 2. The molecule has 0 aromatic rings. The van der Waals surface area contributed by atoms with E-state index in [1.165, 1.54) is 22.8 Å². The molecular formula is C21H27NO3. The Kier molecular flexibility index (Phi) is 3.84. The number of rotatable bonds is 2. The van der Waals surface area contributed by atoms with Crippen LogP contribution in [0.4, 0.5) is 0 Å². The van der Waals surface area contributed by atoms with Gasteiger partial charge in [-0.15, -0.1) is 0 Å². The fourth-order valence-corrected chi connectivity index (χ4v) is 5.20. The number of fused-ring (bicyclic) bond motifs is 4. The lowest BCUT2D eigenvalue weighted by Gasteiger charge is -2.46. The van der Waals surface area contributed by atoms with Gasteiger partial charge in [0.1, 0.15) is 5.76 Å². The molecule has 2 saturated heterocycles. The van der Waals surface area contributed by atoms with E-state index < -0.39 is 0 Å². The van der Waals surface area contributed by atoms with Crippen LogP contribution >= 0.6 is 0 Å². The van der Waals surface area contributed by atoms with Crippen LogP contribution in [-0.4, -0.2) is 42.9 Å². The lowest BCUT2D eigenvalue weighted by molar-refractivity contribution is 0.0475. The van der Waals surface area contributed by atoms with E-state index in [1.54, 1.807) is 7.11 Å². The van der Waals surface area contributed by atoms with E-state index in [2.05, 4.69) is 31.5 Å². The first-order chi connectivity index (χ1) is 12.0. The molecule has 0 radical (unpaired) electrons. The molecule has 0 amide bonds. The molecule has 3 heterocycles. The third-order valence-corrected chi connectivity index (χ3v) is 6.50. The second-order valence-corrected chi connectivity index (χ2v) is 7.64. The van der Waals surface area contributed by atoms with Crippen LogP contribution in [0.15, 0.2) is 58.8 Å². The summed E-state index contributed by atoms with van der Waals surface area (Å²) in [4.78, 5) is 2.49. The Morgan fingerprint density at radius 2 is 2.28 bits per heavy atom. The zero-order chi connectivity index (χ0) is 17.8. The first-order valence-electron chi connectivity index (χ1n) is 9.11. The van der Waals surface area contributed by atoms with Gasteiger partial charge in [-0.1, -0.05) is 23.8 Å². The Morgan fingerprint density at radius 3 is 3.00 bits per heavy atom. The number of hydrogen-bond acceptors (Lipinski definition) is 4. The predicted molar refractivity (Wildman–Crippen MR) is 97.9 cm³/mol. The van der Waals surface area contributed by atoms with Crippen LogP contribution in [0, 0.1) is 5.41 Å². The van der Waals surface area contributed by atoms with Crippen molar-refractivity contribution in [3.8, 4) is 0 Å². The number of aliphatic hydroxyl groups is 1. The van der Waals surface area contributed by atoms with Gasteiger partial charge in [0.2, 0.25) is 0 Å². The molecule has 2 unspecified atom stereocenters. The highest BCUT2D eigenvalue weighted by Crippen LogP contribution is 2.61. The summed E-state index contributed by atoms with van der Waals surface area (Å²) >= 11 is 0. The van der Waals surface area contributed by atoms with Gasteiger partial charge in [0.05, 0.1) is 12.5 Å². The maximum atomic E-state index is 10.5. The smallest absolute Gasteiger partial charge is 0.169 e. The molecule has 1 spiro atoms. The van der Waals surface area contributed by atoms with Gasteiger partial charge in [-0.05, 0) is 58.4 Å². The van der Waals surface area contributed by atoms with E-state index in [-0.39, 0.29) is 17.3 Å². The highest BCUT2D eigenvalue weighted by atomic mass is 16.5. The minimum Gasteiger partial charge on any atom is -0.504 e. The van der Waals surface area contributed by atoms with Crippen LogP contribution in [0.2, 0.25) is 0 Å². The molecule has 2 bridgehead atoms. The summed E-state index contributed by atoms with van der Waals surface area (Å²) in [6.07, 6.45) is 9.74. The van der Waals surface area contributed by atoms with E-state index >= 15 is 0 Å². The van der Waals surface area contributed by atoms with Crippen molar-refractivity contribution in [2.24, 2.45) is 5.41 Å². The Hall–Kier alpha value is -1.94. The third-order valence-electron chi connectivity index (χ3n) is 6.50. The van der Waals surface area contributed by atoms with Gasteiger partial charge in [0.15, 0.2) is 17.6 Å². The van der Waals surface area contributed by atoms with E-state index in [4.69, 9.17) is 9.47 Å². The van der Waals surface area contributed by atoms with Crippen LogP contribution < -0.4 is 0 Å². The summed E-state index contributed by atoms with van der Waals surface area (Å²) in [7, 11) is 3.93. The summed E-state index contributed by atoms with van der Waals surface area (Å²) in [6, 6.07) is 0.533. The van der Waals surface area contributed by atoms with Gasteiger partial charge in [-0.3, -0.25) is 0 Å². The molecule has 4 nitrogen and oxygen atoms in total. The molecule has 3 aliphatic heterocycles. The molecule has 2 aliphatic carbocycles. The van der Waals surface area contributed by atoms with Crippen LogP contribution in [0.3, 0.4) is 0 Å². The van der Waals surface area contributed by atoms with Gasteiger partial charge in [-0.25, -0.2) is 0 Å². The van der Waals surface area contributed by atoms with E-state index in [0.29, 0.717) is 11.8 Å². The Labute approximate surface area is 149 Å². The molecule has 4 heteroatoms. The number of nitrogens with zero attached hydrogens (tertiary/aromatic N) is 1. The molecule has 0 saturated carbocycles. The number of methoxy groups -OCH3 is 1. The van der Waals surface area contributed by atoms with E-state index in [9.17, 15) is 5.11 Å². The van der Waals surface area contributed by atoms with Crippen molar-refractivity contribution in [1.29, 1.82) is 0 Å². The summed E-state index contributed by atoms with van der Waals surface area (Å²) < 4.78 is 12.1. The molecule has 25 heavy (non-hydrogen) atoms. The highest BCUT2D eigenvalue weighted by Gasteiger charge is 2.59. The van der Waals surface area contributed by atoms with Crippen molar-refractivity contribution in [2.45, 2.75) is 44.8 Å². The van der Waals surface area contributed by atoms with Crippen LogP contribution in [0.5, 0.6) is 0 Å². The molecular weight excluding hydrogens is 314 g/mol. The van der Waals surface area contributed by atoms with E-state index in [1.807, 2.05) is 6.08 Å². The molecule has 2 fully saturated rings. The monoisotopic (exact) mass is 341 g/mol. The predicted octanol–water partition coefficient (Wildman–Crippen LogP) is 4.00. The topological polar surface area (TPSA) is 41.9 Å². The van der Waals surface area contributed by atoms with Gasteiger partial charge in [-0.2, -0.15) is 0 Å². The van der Waals surface area contributed by atoms with Gasteiger partial charge >= 0.3 is 0 Å². The van der Waals surface area contributed by atoms with Crippen molar-refractivity contribution < 1.29 is 14.6 Å². The Balaban J connectivity index is 2.02. The Bertz CT molecular complexity index is 742. The highest BCUT2D eigenvalue weighted by molar-refractivity contribution is 5.56. The SMILES string of the molecule is C=C/C(O)=C1OC2C(OC)=CC=C3CCC4C/C(C)=C/1[C@]32CCN4C. The molecule has 0 aromatic carbocycles. The fraction of sp³-hybridized carbons (Fsp3) is 0.524. The molecule has 134 valence electrons. The summed E-state index contributed by atoms with van der Waals surface area (Å²) in [5, 5.41) is 10.5. The molecule has 5 rings (SSSR count).